The van der Waals surface area contributed by atoms with E-state index in [1.807, 2.05) is 18.2 Å². The van der Waals surface area contributed by atoms with E-state index in [2.05, 4.69) is 39.8 Å². The van der Waals surface area contributed by atoms with Crippen LogP contribution < -0.4 is 18.9 Å². The minimum atomic E-state index is -0.150. The Morgan fingerprint density at radius 3 is 2.29 bits per heavy atom. The molecule has 1 heterocycles. The van der Waals surface area contributed by atoms with E-state index in [0.717, 1.165) is 52.3 Å². The van der Waals surface area contributed by atoms with Gasteiger partial charge in [-0.1, -0.05) is 18.2 Å². The van der Waals surface area contributed by atoms with Gasteiger partial charge < -0.3 is 18.9 Å². The molecule has 0 saturated heterocycles. The molecule has 2 aromatic rings. The fourth-order valence-corrected chi connectivity index (χ4v) is 3.74. The Morgan fingerprint density at radius 2 is 1.64 bits per heavy atom. The summed E-state index contributed by atoms with van der Waals surface area (Å²) in [6.07, 6.45) is 6.13. The number of benzene rings is 2. The molecule has 2 aromatic carbocycles. The monoisotopic (exact) mass is 382 g/mol. The van der Waals surface area contributed by atoms with Crippen LogP contribution in [0.2, 0.25) is 0 Å². The molecule has 28 heavy (non-hydrogen) atoms. The fraction of sp³-hybridized carbons (Fsp3) is 0.417. The van der Waals surface area contributed by atoms with Gasteiger partial charge in [0.15, 0.2) is 11.5 Å². The molecule has 0 N–H and O–H groups in total. The molecule has 1 aliphatic rings. The van der Waals surface area contributed by atoms with Crippen molar-refractivity contribution >= 4 is 12.2 Å². The largest absolute Gasteiger partial charge is 0.496 e. The Balaban J connectivity index is 2.09. The first-order valence-corrected chi connectivity index (χ1v) is 9.60. The summed E-state index contributed by atoms with van der Waals surface area (Å²) in [5.41, 5.74) is 5.46. The number of hydrogen-bond donors (Lipinski definition) is 0. The summed E-state index contributed by atoms with van der Waals surface area (Å²) in [5.74, 6) is 3.35. The van der Waals surface area contributed by atoms with Crippen LogP contribution in [0.25, 0.3) is 12.2 Å². The molecule has 4 nitrogen and oxygen atoms in total. The van der Waals surface area contributed by atoms with E-state index in [-0.39, 0.29) is 5.60 Å². The van der Waals surface area contributed by atoms with Gasteiger partial charge in [-0.05, 0) is 69.4 Å². The Kier molecular flexibility index (Phi) is 5.59. The molecule has 0 unspecified atom stereocenters. The van der Waals surface area contributed by atoms with E-state index in [4.69, 9.17) is 18.9 Å². The average molecular weight is 383 g/mol. The maximum absolute atomic E-state index is 6.36. The molecule has 0 spiro atoms. The Morgan fingerprint density at radius 1 is 0.929 bits per heavy atom. The second-order valence-corrected chi connectivity index (χ2v) is 7.81. The summed E-state index contributed by atoms with van der Waals surface area (Å²) in [5, 5.41) is 0. The fourth-order valence-electron chi connectivity index (χ4n) is 3.74. The summed E-state index contributed by atoms with van der Waals surface area (Å²) < 4.78 is 22.9. The van der Waals surface area contributed by atoms with Gasteiger partial charge in [0.05, 0.1) is 21.3 Å². The van der Waals surface area contributed by atoms with E-state index in [1.54, 1.807) is 21.3 Å². The number of rotatable bonds is 5. The van der Waals surface area contributed by atoms with Crippen LogP contribution in [0.15, 0.2) is 18.2 Å². The minimum absolute atomic E-state index is 0.150. The summed E-state index contributed by atoms with van der Waals surface area (Å²) in [6.45, 7) is 8.50. The summed E-state index contributed by atoms with van der Waals surface area (Å²) in [6, 6.07) is 5.89. The third-order valence-corrected chi connectivity index (χ3v) is 5.50. The maximum Gasteiger partial charge on any atom is 0.161 e. The molecule has 4 heteroatoms. The lowest BCUT2D eigenvalue weighted by Gasteiger charge is -2.35. The zero-order valence-electron chi connectivity index (χ0n) is 17.9. The highest BCUT2D eigenvalue weighted by molar-refractivity contribution is 5.79. The quantitative estimate of drug-likeness (QED) is 0.631. The van der Waals surface area contributed by atoms with Crippen LogP contribution in [0.1, 0.15) is 48.1 Å². The van der Waals surface area contributed by atoms with Gasteiger partial charge in [-0.2, -0.15) is 0 Å². The van der Waals surface area contributed by atoms with Gasteiger partial charge in [0, 0.05) is 11.1 Å². The van der Waals surface area contributed by atoms with Crippen molar-refractivity contribution < 1.29 is 18.9 Å². The van der Waals surface area contributed by atoms with E-state index in [1.165, 1.54) is 5.56 Å². The number of methoxy groups -OCH3 is 3. The molecule has 0 fully saturated rings. The summed E-state index contributed by atoms with van der Waals surface area (Å²) in [7, 11) is 5.02. The molecule has 150 valence electrons. The SMILES string of the molecule is COc1ccc(/C=C/c2c3c(c(C)c(C)c2OC)OC(C)(C)CC3)cc1OC. The number of hydrogen-bond acceptors (Lipinski definition) is 4. The van der Waals surface area contributed by atoms with Crippen LogP contribution >= 0.6 is 0 Å². The van der Waals surface area contributed by atoms with Gasteiger partial charge in [0.1, 0.15) is 17.1 Å². The molecular formula is C24H30O4. The highest BCUT2D eigenvalue weighted by Crippen LogP contribution is 2.44. The normalized spacial score (nSPS) is 15.1. The zero-order valence-corrected chi connectivity index (χ0v) is 17.9. The van der Waals surface area contributed by atoms with E-state index in [0.29, 0.717) is 5.75 Å². The molecule has 0 aromatic heterocycles. The van der Waals surface area contributed by atoms with Gasteiger partial charge in [0.25, 0.3) is 0 Å². The molecule has 0 amide bonds. The Bertz CT molecular complexity index is 910. The van der Waals surface area contributed by atoms with Crippen LogP contribution in [0.5, 0.6) is 23.0 Å². The smallest absolute Gasteiger partial charge is 0.161 e. The van der Waals surface area contributed by atoms with Gasteiger partial charge in [-0.15, -0.1) is 0 Å². The van der Waals surface area contributed by atoms with Crippen molar-refractivity contribution in [3.05, 3.63) is 46.0 Å². The molecule has 0 saturated carbocycles. The standard InChI is InChI=1S/C24H30O4/c1-15-16(2)23-19(12-13-24(3,4)28-23)18(22(15)27-7)10-8-17-9-11-20(25-5)21(14-17)26-6/h8-11,14H,12-13H2,1-7H3/b10-8+. The second kappa shape index (κ2) is 7.78. The molecule has 0 aliphatic carbocycles. The topological polar surface area (TPSA) is 36.9 Å². The number of ether oxygens (including phenoxy) is 4. The van der Waals surface area contributed by atoms with Crippen LogP contribution in [-0.4, -0.2) is 26.9 Å². The van der Waals surface area contributed by atoms with Crippen molar-refractivity contribution in [2.45, 2.75) is 46.1 Å². The third kappa shape index (κ3) is 3.68. The average Bonchev–Trinajstić information content (AvgIpc) is 2.68. The Hall–Kier alpha value is -2.62. The lowest BCUT2D eigenvalue weighted by molar-refractivity contribution is 0.0833. The third-order valence-electron chi connectivity index (χ3n) is 5.50. The van der Waals surface area contributed by atoms with Crippen LogP contribution in [0.3, 0.4) is 0 Å². The first-order chi connectivity index (χ1) is 13.3. The van der Waals surface area contributed by atoms with Crippen molar-refractivity contribution in [2.24, 2.45) is 0 Å². The van der Waals surface area contributed by atoms with Gasteiger partial charge in [0.2, 0.25) is 0 Å². The summed E-state index contributed by atoms with van der Waals surface area (Å²) in [4.78, 5) is 0. The molecule has 0 atom stereocenters. The molecular weight excluding hydrogens is 352 g/mol. The van der Waals surface area contributed by atoms with E-state index >= 15 is 0 Å². The highest BCUT2D eigenvalue weighted by Gasteiger charge is 2.31. The minimum Gasteiger partial charge on any atom is -0.496 e. The van der Waals surface area contributed by atoms with Crippen molar-refractivity contribution in [1.29, 1.82) is 0 Å². The van der Waals surface area contributed by atoms with E-state index in [9.17, 15) is 0 Å². The lowest BCUT2D eigenvalue weighted by atomic mass is 9.87. The van der Waals surface area contributed by atoms with Crippen molar-refractivity contribution in [3.63, 3.8) is 0 Å². The van der Waals surface area contributed by atoms with Crippen LogP contribution in [0.4, 0.5) is 0 Å². The van der Waals surface area contributed by atoms with Crippen molar-refractivity contribution in [3.8, 4) is 23.0 Å². The molecule has 1 aliphatic heterocycles. The lowest BCUT2D eigenvalue weighted by Crippen LogP contribution is -2.33. The van der Waals surface area contributed by atoms with Crippen LogP contribution in [0, 0.1) is 13.8 Å². The zero-order chi connectivity index (χ0) is 20.5. The molecule has 3 rings (SSSR count). The summed E-state index contributed by atoms with van der Waals surface area (Å²) >= 11 is 0. The van der Waals surface area contributed by atoms with Crippen LogP contribution in [-0.2, 0) is 6.42 Å². The predicted octanol–water partition coefficient (Wildman–Crippen LogP) is 5.60. The van der Waals surface area contributed by atoms with Crippen molar-refractivity contribution in [1.82, 2.24) is 0 Å². The predicted molar refractivity (Wildman–Crippen MR) is 114 cm³/mol. The van der Waals surface area contributed by atoms with Crippen molar-refractivity contribution in [2.75, 3.05) is 21.3 Å². The highest BCUT2D eigenvalue weighted by atomic mass is 16.5. The molecule has 0 radical (unpaired) electrons. The van der Waals surface area contributed by atoms with Gasteiger partial charge in [-0.25, -0.2) is 0 Å². The van der Waals surface area contributed by atoms with Gasteiger partial charge >= 0.3 is 0 Å². The molecule has 0 bridgehead atoms. The number of fused-ring (bicyclic) bond motifs is 1. The first kappa shape index (κ1) is 20.1. The Labute approximate surface area is 168 Å². The first-order valence-electron chi connectivity index (χ1n) is 9.60. The second-order valence-electron chi connectivity index (χ2n) is 7.81. The maximum atomic E-state index is 6.36. The van der Waals surface area contributed by atoms with E-state index < -0.39 is 0 Å². The van der Waals surface area contributed by atoms with Gasteiger partial charge in [-0.3, -0.25) is 0 Å².